The van der Waals surface area contributed by atoms with Crippen LogP contribution in [0, 0.1) is 0 Å². The Morgan fingerprint density at radius 2 is 0.634 bits per heavy atom. The van der Waals surface area contributed by atoms with Crippen molar-refractivity contribution < 1.29 is 30.0 Å². The molecule has 1 aliphatic heterocycles. The zero-order chi connectivity index (χ0) is 67.2. The van der Waals surface area contributed by atoms with Gasteiger partial charge in [-0.15, -0.1) is 0 Å². The summed E-state index contributed by atoms with van der Waals surface area (Å²) in [6.07, 6.45) is 72.3. The normalized spacial score (nSPS) is 14.9. The Bertz CT molecular complexity index is 1480. The zero-order valence-corrected chi connectivity index (χ0v) is 64.0. The molecule has 0 aromatic carbocycles. The molecule has 0 amide bonds. The monoisotopic (exact) mass is 1350 g/mol. The molecule has 4 atom stereocenters. The van der Waals surface area contributed by atoms with Gasteiger partial charge in [-0.05, 0) is 116 Å². The van der Waals surface area contributed by atoms with Crippen molar-refractivity contribution in [1.29, 1.82) is 0 Å². The maximum Gasteiger partial charge on any atom is 0.305 e. The van der Waals surface area contributed by atoms with Crippen LogP contribution in [0.15, 0.2) is 24.3 Å². The maximum absolute atomic E-state index is 12.9. The summed E-state index contributed by atoms with van der Waals surface area (Å²) in [7, 11) is 4.00. The van der Waals surface area contributed by atoms with E-state index in [0.717, 1.165) is 167 Å². The number of aliphatic hydroxyl groups is 4. The third kappa shape index (κ3) is 65.7. The second-order valence-electron chi connectivity index (χ2n) is 28.8. The average Bonchev–Trinajstić information content (AvgIpc) is 3.77. The summed E-state index contributed by atoms with van der Waals surface area (Å²) in [5.74, 6) is 2.14. The number of ether oxygens (including phenoxy) is 1. The predicted molar refractivity (Wildman–Crippen MR) is 411 cm³/mol. The van der Waals surface area contributed by atoms with Gasteiger partial charge in [0.05, 0.1) is 24.4 Å². The molecule has 1 aliphatic rings. The first-order valence-electron chi connectivity index (χ1n) is 41.0. The number of carbonyl (C=O) groups is 1. The van der Waals surface area contributed by atoms with E-state index in [9.17, 15) is 25.2 Å². The van der Waals surface area contributed by atoms with Crippen LogP contribution in [0.25, 0.3) is 0 Å². The molecule has 1 rings (SSSR count). The molecule has 4 N–H and O–H groups in total. The topological polar surface area (TPSA) is 120 Å². The average molecular weight is 1350 g/mol. The van der Waals surface area contributed by atoms with Crippen LogP contribution < -0.4 is 0 Å². The van der Waals surface area contributed by atoms with Crippen molar-refractivity contribution >= 4 is 27.6 Å². The molecule has 0 saturated carbocycles. The number of carbonyl (C=O) groups excluding carboxylic acids is 1. The summed E-state index contributed by atoms with van der Waals surface area (Å²) in [6.45, 7) is 19.8. The van der Waals surface area contributed by atoms with Crippen LogP contribution in [-0.2, 0) is 9.53 Å². The van der Waals surface area contributed by atoms with Crippen LogP contribution in [0.1, 0.15) is 368 Å². The second-order valence-corrected chi connectivity index (χ2v) is 31.5. The van der Waals surface area contributed by atoms with E-state index in [1.54, 1.807) is 0 Å². The first-order chi connectivity index (χ1) is 45.7. The van der Waals surface area contributed by atoms with Crippen molar-refractivity contribution in [1.82, 2.24) is 19.6 Å². The molecule has 0 radical (unpaired) electrons. The number of unbranched alkanes of at least 4 members (excludes halogenated alkanes) is 40. The Labute approximate surface area is 587 Å². The van der Waals surface area contributed by atoms with Crippen LogP contribution in [-0.4, -0.2) is 167 Å². The molecule has 0 aliphatic carbocycles. The Morgan fingerprint density at radius 1 is 0.355 bits per heavy atom. The molecule has 0 aromatic heterocycles. The molecular weight excluding hydrogens is 1190 g/mol. The predicted octanol–water partition coefficient (Wildman–Crippen LogP) is 21.4. The highest BCUT2D eigenvalue weighted by molar-refractivity contribution is 8.76. The number of allylic oxidation sites excluding steroid dienone is 4. The van der Waals surface area contributed by atoms with Gasteiger partial charge in [0, 0.05) is 83.4 Å². The minimum absolute atomic E-state index is 0.115. The molecular formula is C81H160N4O6S2. The van der Waals surface area contributed by atoms with Crippen LogP contribution in [0.4, 0.5) is 0 Å². The van der Waals surface area contributed by atoms with Gasteiger partial charge in [0.25, 0.3) is 0 Å². The van der Waals surface area contributed by atoms with E-state index >= 15 is 0 Å². The second kappa shape index (κ2) is 72.6. The van der Waals surface area contributed by atoms with Gasteiger partial charge in [0.1, 0.15) is 6.61 Å². The van der Waals surface area contributed by atoms with Gasteiger partial charge in [0.2, 0.25) is 0 Å². The third-order valence-corrected chi connectivity index (χ3v) is 22.0. The summed E-state index contributed by atoms with van der Waals surface area (Å²) in [5, 5.41) is 44.6. The Morgan fingerprint density at radius 3 is 0.968 bits per heavy atom. The first-order valence-corrected chi connectivity index (χ1v) is 43.5. The number of hydrogen-bond acceptors (Lipinski definition) is 12. The largest absolute Gasteiger partial charge is 0.464 e. The van der Waals surface area contributed by atoms with E-state index in [1.165, 1.54) is 231 Å². The van der Waals surface area contributed by atoms with Gasteiger partial charge in [-0.2, -0.15) is 0 Å². The molecule has 552 valence electrons. The fourth-order valence-electron chi connectivity index (χ4n) is 13.3. The van der Waals surface area contributed by atoms with Crippen molar-refractivity contribution in [3.05, 3.63) is 24.3 Å². The van der Waals surface area contributed by atoms with Crippen molar-refractivity contribution in [3.8, 4) is 0 Å². The van der Waals surface area contributed by atoms with Gasteiger partial charge in [-0.1, -0.05) is 305 Å². The number of piperazine rings is 1. The SMILES string of the molecule is CCCCCCCC/C=C\CCCCCC[C@@H](O)CN(CCCCC(=O)OCCN1CCN(CCSSCCCCN(CC(O)CCCCCCCCCCCC)CC(O)CCCCCCCCCCCC)CC1)C[C@H](O)CCCCCC/C=C\CCCCCCCC. The summed E-state index contributed by atoms with van der Waals surface area (Å²) in [4.78, 5) is 22.5. The summed E-state index contributed by atoms with van der Waals surface area (Å²) >= 11 is 0. The summed E-state index contributed by atoms with van der Waals surface area (Å²) < 4.78 is 5.76. The highest BCUT2D eigenvalue weighted by atomic mass is 33.1. The standard InChI is InChI=1S/C81H160N4O6S2/c1-5-9-13-17-21-25-29-31-33-35-39-43-47-49-57-77(86)73-84(74-78(87)58-50-48-44-40-36-34-32-30-26-22-18-14-10-6-2)62-54-53-61-81(90)91-70-68-82-64-66-83(67-65-82)69-72-93-92-71-56-55-63-85(75-79(88)59-51-45-41-37-27-23-19-15-11-7-3)76-80(89)60-52-46-42-38-28-24-20-16-12-8-4/h31-34,77-80,86-89H,5-30,35-76H2,1-4H3/b33-31-,34-32-/t77-,78-,79?,80?/m1/s1. The third-order valence-electron chi connectivity index (χ3n) is 19.5. The van der Waals surface area contributed by atoms with Crippen LogP contribution >= 0.6 is 21.6 Å². The minimum Gasteiger partial charge on any atom is -0.464 e. The van der Waals surface area contributed by atoms with Crippen molar-refractivity contribution in [3.63, 3.8) is 0 Å². The fourth-order valence-corrected chi connectivity index (χ4v) is 15.5. The quantitative estimate of drug-likeness (QED) is 0.0201. The Balaban J connectivity index is 2.40. The number of esters is 1. The minimum atomic E-state index is -0.399. The van der Waals surface area contributed by atoms with Gasteiger partial charge in [-0.3, -0.25) is 24.4 Å². The van der Waals surface area contributed by atoms with Crippen LogP contribution in [0.5, 0.6) is 0 Å². The van der Waals surface area contributed by atoms with Crippen LogP contribution in [0.3, 0.4) is 0 Å². The Hall–Kier alpha value is -0.670. The Kier molecular flexibility index (Phi) is 70.5. The lowest BCUT2D eigenvalue weighted by Gasteiger charge is -2.34. The fraction of sp³-hybridized carbons (Fsp3) is 0.938. The molecule has 1 saturated heterocycles. The van der Waals surface area contributed by atoms with Gasteiger partial charge in [0.15, 0.2) is 0 Å². The molecule has 1 heterocycles. The number of hydrogen-bond donors (Lipinski definition) is 4. The molecule has 0 spiro atoms. The van der Waals surface area contributed by atoms with Crippen molar-refractivity contribution in [2.75, 3.05) is 96.6 Å². The molecule has 2 unspecified atom stereocenters. The summed E-state index contributed by atoms with van der Waals surface area (Å²) in [6, 6.07) is 0. The first kappa shape index (κ1) is 90.3. The van der Waals surface area contributed by atoms with Crippen molar-refractivity contribution in [2.45, 2.75) is 392 Å². The molecule has 0 aromatic rings. The summed E-state index contributed by atoms with van der Waals surface area (Å²) in [5.41, 5.74) is 0. The highest BCUT2D eigenvalue weighted by Crippen LogP contribution is 2.24. The number of nitrogens with zero attached hydrogens (tertiary/aromatic N) is 4. The lowest BCUT2D eigenvalue weighted by molar-refractivity contribution is -0.144. The van der Waals surface area contributed by atoms with Gasteiger partial charge >= 0.3 is 5.97 Å². The highest BCUT2D eigenvalue weighted by Gasteiger charge is 2.20. The molecule has 0 bridgehead atoms. The van der Waals surface area contributed by atoms with Gasteiger partial charge in [-0.25, -0.2) is 0 Å². The smallest absolute Gasteiger partial charge is 0.305 e. The maximum atomic E-state index is 12.9. The van der Waals surface area contributed by atoms with Gasteiger partial charge < -0.3 is 25.2 Å². The molecule has 93 heavy (non-hydrogen) atoms. The lowest BCUT2D eigenvalue weighted by Crippen LogP contribution is -2.47. The lowest BCUT2D eigenvalue weighted by atomic mass is 10.0. The number of aliphatic hydroxyl groups excluding tert-OH is 4. The van der Waals surface area contributed by atoms with E-state index in [4.69, 9.17) is 4.74 Å². The van der Waals surface area contributed by atoms with E-state index in [0.29, 0.717) is 39.2 Å². The molecule has 12 heteroatoms. The zero-order valence-electron chi connectivity index (χ0n) is 62.4. The number of rotatable bonds is 75. The van der Waals surface area contributed by atoms with E-state index in [-0.39, 0.29) is 18.2 Å². The van der Waals surface area contributed by atoms with Crippen LogP contribution in [0.2, 0.25) is 0 Å². The molecule has 10 nitrogen and oxygen atoms in total. The van der Waals surface area contributed by atoms with E-state index < -0.39 is 12.2 Å². The molecule has 1 fully saturated rings. The van der Waals surface area contributed by atoms with E-state index in [1.807, 2.05) is 21.6 Å². The van der Waals surface area contributed by atoms with Crippen molar-refractivity contribution in [2.24, 2.45) is 0 Å². The van der Waals surface area contributed by atoms with E-state index in [2.05, 4.69) is 71.6 Å².